The minimum absolute atomic E-state index is 0.0162. The van der Waals surface area contributed by atoms with Gasteiger partial charge in [0.2, 0.25) is 0 Å². The maximum Gasteiger partial charge on any atom is 0.260 e. The van der Waals surface area contributed by atoms with E-state index in [0.29, 0.717) is 11.2 Å². The Hall–Kier alpha value is -1.70. The molecule has 1 aliphatic rings. The van der Waals surface area contributed by atoms with Crippen molar-refractivity contribution in [2.45, 2.75) is 25.0 Å². The number of hydrogen-bond donors (Lipinski definition) is 1. The van der Waals surface area contributed by atoms with E-state index in [1.165, 1.54) is 24.2 Å². The summed E-state index contributed by atoms with van der Waals surface area (Å²) < 4.78 is 0.897. The third-order valence-electron chi connectivity index (χ3n) is 4.57. The molecule has 2 aromatic heterocycles. The lowest BCUT2D eigenvalue weighted by Crippen LogP contribution is -2.24. The fourth-order valence-corrected chi connectivity index (χ4v) is 5.60. The highest BCUT2D eigenvalue weighted by Crippen LogP contribution is 2.33. The van der Waals surface area contributed by atoms with Gasteiger partial charge in [0.15, 0.2) is 0 Å². The summed E-state index contributed by atoms with van der Waals surface area (Å²) in [7, 11) is 0. The van der Waals surface area contributed by atoms with Gasteiger partial charge in [-0.2, -0.15) is 0 Å². The largest absolute Gasteiger partial charge is 0.358 e. The van der Waals surface area contributed by atoms with Crippen LogP contribution in [0.3, 0.4) is 0 Å². The second kappa shape index (κ2) is 7.50. The number of likely N-dealkylation sites (tertiary alicyclic amines) is 1. The normalized spacial score (nSPS) is 15.5. The molecule has 7 heteroatoms. The number of nitrogens with one attached hydrogen (secondary N) is 1. The maximum absolute atomic E-state index is 12.8. The van der Waals surface area contributed by atoms with Gasteiger partial charge in [0.25, 0.3) is 5.56 Å². The highest BCUT2D eigenvalue weighted by atomic mass is 32.2. The van der Waals surface area contributed by atoms with Crippen LogP contribution >= 0.6 is 35.3 Å². The molecular formula is C19H19N3OS3. The topological polar surface area (TPSA) is 49.0 Å². The number of aromatic amines is 1. The monoisotopic (exact) mass is 401 g/mol. The Balaban J connectivity index is 1.63. The minimum atomic E-state index is -0.0790. The molecule has 3 aromatic rings. The van der Waals surface area contributed by atoms with Gasteiger partial charge >= 0.3 is 0 Å². The second-order valence-corrected chi connectivity index (χ2v) is 9.20. The summed E-state index contributed by atoms with van der Waals surface area (Å²) in [5, 5.41) is 2.70. The molecule has 134 valence electrons. The number of hydrogen-bond acceptors (Lipinski definition) is 5. The fourth-order valence-electron chi connectivity index (χ4n) is 3.17. The van der Waals surface area contributed by atoms with Crippen LogP contribution in [0.4, 0.5) is 0 Å². The van der Waals surface area contributed by atoms with Crippen molar-refractivity contribution in [1.29, 1.82) is 0 Å². The first kappa shape index (κ1) is 17.7. The number of thiophene rings is 1. The molecular weight excluding hydrogens is 382 g/mol. The molecule has 1 aliphatic heterocycles. The van der Waals surface area contributed by atoms with Gasteiger partial charge in [0.05, 0.1) is 10.6 Å². The SMILES string of the molecule is C[C@@H](SC(=S)N1CCCC1)c1nc2scc(-c3ccccc3)c2c(=O)[nH]1. The molecule has 0 amide bonds. The van der Waals surface area contributed by atoms with E-state index in [4.69, 9.17) is 17.2 Å². The Morgan fingerprint density at radius 1 is 1.31 bits per heavy atom. The summed E-state index contributed by atoms with van der Waals surface area (Å²) >= 11 is 8.67. The number of aromatic nitrogens is 2. The van der Waals surface area contributed by atoms with E-state index < -0.39 is 0 Å². The molecule has 26 heavy (non-hydrogen) atoms. The highest BCUT2D eigenvalue weighted by Gasteiger charge is 2.21. The van der Waals surface area contributed by atoms with Gasteiger partial charge < -0.3 is 9.88 Å². The number of rotatable bonds is 3. The zero-order valence-electron chi connectivity index (χ0n) is 14.4. The third-order valence-corrected chi connectivity index (χ3v) is 7.03. The lowest BCUT2D eigenvalue weighted by Gasteiger charge is -2.20. The van der Waals surface area contributed by atoms with E-state index in [0.717, 1.165) is 33.4 Å². The minimum Gasteiger partial charge on any atom is -0.358 e. The Morgan fingerprint density at radius 3 is 2.77 bits per heavy atom. The average Bonchev–Trinajstić information content (AvgIpc) is 3.32. The molecule has 0 spiro atoms. The van der Waals surface area contributed by atoms with E-state index >= 15 is 0 Å². The van der Waals surface area contributed by atoms with Crippen LogP contribution in [0.1, 0.15) is 30.8 Å². The number of benzene rings is 1. The predicted octanol–water partition coefficient (Wildman–Crippen LogP) is 4.83. The van der Waals surface area contributed by atoms with Gasteiger partial charge in [-0.3, -0.25) is 4.79 Å². The van der Waals surface area contributed by atoms with Crippen molar-refractivity contribution in [3.63, 3.8) is 0 Å². The number of fused-ring (bicyclic) bond motifs is 1. The Bertz CT molecular complexity index is 990. The van der Waals surface area contributed by atoms with Crippen LogP contribution in [-0.4, -0.2) is 32.3 Å². The van der Waals surface area contributed by atoms with Crippen LogP contribution in [0, 0.1) is 0 Å². The fraction of sp³-hybridized carbons (Fsp3) is 0.316. The van der Waals surface area contributed by atoms with Gasteiger partial charge in [0.1, 0.15) is 15.0 Å². The highest BCUT2D eigenvalue weighted by molar-refractivity contribution is 8.23. The Labute approximate surface area is 165 Å². The van der Waals surface area contributed by atoms with Crippen LogP contribution in [0.25, 0.3) is 21.3 Å². The first-order chi connectivity index (χ1) is 12.6. The van der Waals surface area contributed by atoms with Crippen LogP contribution in [0.5, 0.6) is 0 Å². The van der Waals surface area contributed by atoms with Crippen molar-refractivity contribution in [2.75, 3.05) is 13.1 Å². The van der Waals surface area contributed by atoms with Crippen LogP contribution in [0.15, 0.2) is 40.5 Å². The molecule has 1 saturated heterocycles. The number of thioether (sulfide) groups is 1. The van der Waals surface area contributed by atoms with Crippen molar-refractivity contribution in [2.24, 2.45) is 0 Å². The van der Waals surface area contributed by atoms with Crippen molar-refractivity contribution in [1.82, 2.24) is 14.9 Å². The molecule has 4 nitrogen and oxygen atoms in total. The lowest BCUT2D eigenvalue weighted by molar-refractivity contribution is 0.539. The summed E-state index contributed by atoms with van der Waals surface area (Å²) in [4.78, 5) is 23.5. The number of H-pyrrole nitrogens is 1. The molecule has 1 aromatic carbocycles. The van der Waals surface area contributed by atoms with Gasteiger partial charge in [-0.15, -0.1) is 11.3 Å². The summed E-state index contributed by atoms with van der Waals surface area (Å²) in [5.74, 6) is 0.690. The maximum atomic E-state index is 12.8. The van der Waals surface area contributed by atoms with E-state index in [-0.39, 0.29) is 10.8 Å². The van der Waals surface area contributed by atoms with Crippen LogP contribution < -0.4 is 5.56 Å². The molecule has 0 unspecified atom stereocenters. The zero-order valence-corrected chi connectivity index (χ0v) is 16.8. The Kier molecular flexibility index (Phi) is 5.11. The van der Waals surface area contributed by atoms with Crippen LogP contribution in [-0.2, 0) is 0 Å². The number of thiocarbonyl (C=S) groups is 1. The van der Waals surface area contributed by atoms with Crippen molar-refractivity contribution < 1.29 is 0 Å². The van der Waals surface area contributed by atoms with Gasteiger partial charge in [-0.25, -0.2) is 4.98 Å². The molecule has 0 saturated carbocycles. The number of nitrogens with zero attached hydrogens (tertiary/aromatic N) is 2. The van der Waals surface area contributed by atoms with Gasteiger partial charge in [-0.1, -0.05) is 54.3 Å². The van der Waals surface area contributed by atoms with E-state index in [1.807, 2.05) is 42.6 Å². The molecule has 1 N–H and O–H groups in total. The van der Waals surface area contributed by atoms with Gasteiger partial charge in [-0.05, 0) is 25.3 Å². The van der Waals surface area contributed by atoms with E-state index in [1.54, 1.807) is 11.8 Å². The lowest BCUT2D eigenvalue weighted by atomic mass is 10.1. The quantitative estimate of drug-likeness (QED) is 0.637. The summed E-state index contributed by atoms with van der Waals surface area (Å²) in [5.41, 5.74) is 1.90. The molecule has 1 fully saturated rings. The average molecular weight is 402 g/mol. The summed E-state index contributed by atoms with van der Waals surface area (Å²) in [6, 6.07) is 9.96. The molecule has 1 atom stereocenters. The Morgan fingerprint density at radius 2 is 2.04 bits per heavy atom. The van der Waals surface area contributed by atoms with Crippen molar-refractivity contribution in [3.8, 4) is 11.1 Å². The van der Waals surface area contributed by atoms with E-state index in [9.17, 15) is 4.79 Å². The van der Waals surface area contributed by atoms with Crippen molar-refractivity contribution >= 4 is 49.9 Å². The smallest absolute Gasteiger partial charge is 0.260 e. The first-order valence-corrected chi connectivity index (χ1v) is 10.8. The second-order valence-electron chi connectivity index (χ2n) is 6.37. The molecule has 4 rings (SSSR count). The molecule has 0 aliphatic carbocycles. The molecule has 0 radical (unpaired) electrons. The molecule has 0 bridgehead atoms. The predicted molar refractivity (Wildman–Crippen MR) is 115 cm³/mol. The van der Waals surface area contributed by atoms with Gasteiger partial charge in [0, 0.05) is 24.0 Å². The third kappa shape index (κ3) is 3.43. The van der Waals surface area contributed by atoms with Crippen LogP contribution in [0.2, 0.25) is 0 Å². The standard InChI is InChI=1S/C19H19N3OS3/c1-12(26-19(24)22-9-5-6-10-22)16-20-17(23)15-14(11-25-18(15)21-16)13-7-3-2-4-8-13/h2-4,7-8,11-12H,5-6,9-10H2,1H3,(H,20,21,23)/t12-/m1/s1. The van der Waals surface area contributed by atoms with E-state index in [2.05, 4.69) is 9.88 Å². The zero-order chi connectivity index (χ0) is 18.1. The first-order valence-electron chi connectivity index (χ1n) is 8.66. The summed E-state index contributed by atoms with van der Waals surface area (Å²) in [6.07, 6.45) is 2.40. The summed E-state index contributed by atoms with van der Waals surface area (Å²) in [6.45, 7) is 4.11. The van der Waals surface area contributed by atoms with Crippen molar-refractivity contribution in [3.05, 3.63) is 51.9 Å². The molecule has 3 heterocycles.